The second kappa shape index (κ2) is 9.75. The van der Waals surface area contributed by atoms with Crippen molar-refractivity contribution in [3.63, 3.8) is 0 Å². The Morgan fingerprint density at radius 1 is 1.09 bits per heavy atom. The highest BCUT2D eigenvalue weighted by Crippen LogP contribution is 2.31. The fourth-order valence-electron chi connectivity index (χ4n) is 3.54. The van der Waals surface area contributed by atoms with Gasteiger partial charge in [0.25, 0.3) is 0 Å². The third-order valence-corrected chi connectivity index (χ3v) is 7.65. The molecule has 0 spiro atoms. The average Bonchev–Trinajstić information content (AvgIpc) is 2.80. The second-order valence-electron chi connectivity index (χ2n) is 7.72. The molecular weight excluding hydrogens is 499 g/mol. The van der Waals surface area contributed by atoms with Crippen LogP contribution in [0.25, 0.3) is 0 Å². The quantitative estimate of drug-likeness (QED) is 0.255. The summed E-state index contributed by atoms with van der Waals surface area (Å²) in [5.74, 6) is 1.25. The van der Waals surface area contributed by atoms with Gasteiger partial charge in [0, 0.05) is 54.1 Å². The predicted octanol–water partition coefficient (Wildman–Crippen LogP) is 3.05. The number of nitrogen functional groups attached to an aromatic ring is 1. The van der Waals surface area contributed by atoms with Gasteiger partial charge in [-0.2, -0.15) is 0 Å². The molecule has 0 aliphatic carbocycles. The molecule has 5 N–H and O–H groups in total. The van der Waals surface area contributed by atoms with Gasteiger partial charge in [0.05, 0.1) is 27.3 Å². The number of hydrogen-bond donors (Lipinski definition) is 3. The summed E-state index contributed by atoms with van der Waals surface area (Å²) >= 11 is 12.3. The van der Waals surface area contributed by atoms with E-state index >= 15 is 0 Å². The number of hydrogen-bond acceptors (Lipinski definition) is 9. The van der Waals surface area contributed by atoms with Crippen LogP contribution in [0.4, 0.5) is 11.5 Å². The number of rotatable bonds is 6. The predicted molar refractivity (Wildman–Crippen MR) is 134 cm³/mol. The SMILES string of the molecule is N=C(c1ccc(N2CCS(=O)(=O)CC2)nc1)c1cc(O[C@H](N)c2c(Cl)cncc2Cl)ccc1N. The summed E-state index contributed by atoms with van der Waals surface area (Å²) in [4.78, 5) is 10.2. The van der Waals surface area contributed by atoms with Crippen molar-refractivity contribution in [2.24, 2.45) is 5.73 Å². The summed E-state index contributed by atoms with van der Waals surface area (Å²) in [7, 11) is -2.98. The minimum atomic E-state index is -2.98. The normalized spacial score (nSPS) is 16.1. The highest BCUT2D eigenvalue weighted by Gasteiger charge is 2.23. The zero-order valence-corrected chi connectivity index (χ0v) is 20.2. The topological polar surface area (TPSA) is 148 Å². The minimum Gasteiger partial charge on any atom is -0.471 e. The summed E-state index contributed by atoms with van der Waals surface area (Å²) in [5.41, 5.74) is 14.2. The number of sulfone groups is 1. The summed E-state index contributed by atoms with van der Waals surface area (Å²) in [6, 6.07) is 8.40. The van der Waals surface area contributed by atoms with Crippen molar-refractivity contribution in [1.82, 2.24) is 9.97 Å². The smallest absolute Gasteiger partial charge is 0.177 e. The average molecular weight is 521 g/mol. The lowest BCUT2D eigenvalue weighted by Crippen LogP contribution is -2.40. The van der Waals surface area contributed by atoms with E-state index in [1.54, 1.807) is 36.5 Å². The van der Waals surface area contributed by atoms with Crippen molar-refractivity contribution >= 4 is 50.3 Å². The monoisotopic (exact) mass is 520 g/mol. The van der Waals surface area contributed by atoms with Gasteiger partial charge in [-0.25, -0.2) is 13.4 Å². The molecule has 12 heteroatoms. The van der Waals surface area contributed by atoms with Crippen LogP contribution in [0.1, 0.15) is 22.9 Å². The first-order valence-corrected chi connectivity index (χ1v) is 12.8. The summed E-state index contributed by atoms with van der Waals surface area (Å²) in [6.07, 6.45) is 3.46. The molecule has 1 aliphatic heterocycles. The Kier molecular flexibility index (Phi) is 6.94. The Morgan fingerprint density at radius 3 is 2.38 bits per heavy atom. The van der Waals surface area contributed by atoms with Crippen molar-refractivity contribution in [2.45, 2.75) is 6.23 Å². The van der Waals surface area contributed by atoms with Gasteiger partial charge in [0.1, 0.15) is 11.6 Å². The maximum Gasteiger partial charge on any atom is 0.177 e. The first-order chi connectivity index (χ1) is 16.1. The number of aromatic nitrogens is 2. The summed E-state index contributed by atoms with van der Waals surface area (Å²) < 4.78 is 29.1. The number of nitrogens with zero attached hydrogens (tertiary/aromatic N) is 3. The van der Waals surface area contributed by atoms with Crippen LogP contribution in [-0.4, -0.2) is 48.7 Å². The molecule has 3 heterocycles. The van der Waals surface area contributed by atoms with Crippen molar-refractivity contribution < 1.29 is 13.2 Å². The lowest BCUT2D eigenvalue weighted by Gasteiger charge is -2.27. The maximum atomic E-state index is 11.6. The van der Waals surface area contributed by atoms with E-state index in [2.05, 4.69) is 9.97 Å². The fourth-order valence-corrected chi connectivity index (χ4v) is 5.32. The number of pyridine rings is 2. The van der Waals surface area contributed by atoms with Gasteiger partial charge in [-0.05, 0) is 30.3 Å². The number of nitrogens with one attached hydrogen (secondary N) is 1. The highest BCUT2D eigenvalue weighted by atomic mass is 35.5. The summed E-state index contributed by atoms with van der Waals surface area (Å²) in [5, 5.41) is 9.20. The van der Waals surface area contributed by atoms with Crippen molar-refractivity contribution in [3.05, 3.63) is 75.7 Å². The molecule has 0 saturated carbocycles. The number of ether oxygens (including phenoxy) is 1. The molecule has 178 valence electrons. The van der Waals surface area contributed by atoms with E-state index in [1.165, 1.54) is 12.4 Å². The molecule has 2 aromatic heterocycles. The lowest BCUT2D eigenvalue weighted by molar-refractivity contribution is 0.214. The molecule has 4 rings (SSSR count). The molecule has 0 bridgehead atoms. The van der Waals surface area contributed by atoms with Gasteiger partial charge in [-0.1, -0.05) is 23.2 Å². The van der Waals surface area contributed by atoms with Gasteiger partial charge in [0.15, 0.2) is 16.1 Å². The van der Waals surface area contributed by atoms with Crippen LogP contribution in [0.3, 0.4) is 0 Å². The molecule has 3 aromatic rings. The van der Waals surface area contributed by atoms with E-state index < -0.39 is 16.1 Å². The van der Waals surface area contributed by atoms with Crippen LogP contribution < -0.4 is 21.1 Å². The third-order valence-electron chi connectivity index (χ3n) is 5.44. The largest absolute Gasteiger partial charge is 0.471 e. The second-order valence-corrected chi connectivity index (χ2v) is 10.8. The molecule has 0 unspecified atom stereocenters. The van der Waals surface area contributed by atoms with Crippen molar-refractivity contribution in [3.8, 4) is 5.75 Å². The Balaban J connectivity index is 1.52. The summed E-state index contributed by atoms with van der Waals surface area (Å²) in [6.45, 7) is 0.786. The number of benzene rings is 1. The zero-order valence-electron chi connectivity index (χ0n) is 17.9. The van der Waals surface area contributed by atoms with E-state index in [0.29, 0.717) is 47.0 Å². The Bertz CT molecular complexity index is 1300. The van der Waals surface area contributed by atoms with Crippen LogP contribution in [0.5, 0.6) is 5.75 Å². The van der Waals surface area contributed by atoms with Crippen LogP contribution in [0, 0.1) is 5.41 Å². The third kappa shape index (κ3) is 5.25. The molecule has 1 aliphatic rings. The molecular formula is C22H22Cl2N6O3S. The first kappa shape index (κ1) is 24.2. The van der Waals surface area contributed by atoms with Gasteiger partial charge in [0.2, 0.25) is 0 Å². The molecule has 0 radical (unpaired) electrons. The van der Waals surface area contributed by atoms with Gasteiger partial charge in [-0.15, -0.1) is 0 Å². The van der Waals surface area contributed by atoms with Gasteiger partial charge >= 0.3 is 0 Å². The fraction of sp³-hybridized carbons (Fsp3) is 0.227. The van der Waals surface area contributed by atoms with E-state index in [-0.39, 0.29) is 27.3 Å². The van der Waals surface area contributed by atoms with E-state index in [4.69, 9.17) is 44.8 Å². The standard InChI is InChI=1S/C22H22Cl2N6O3S/c23-16-11-28-12-17(24)20(16)22(27)33-14-2-3-18(25)15(9-14)21(26)13-1-4-19(29-10-13)30-5-7-34(31,32)8-6-30/h1-4,9-12,22,26H,5-8,25,27H2/t22-/m0/s1. The molecule has 1 fully saturated rings. The molecule has 0 amide bonds. The van der Waals surface area contributed by atoms with Gasteiger partial charge in [-0.3, -0.25) is 16.1 Å². The van der Waals surface area contributed by atoms with Crippen molar-refractivity contribution in [1.29, 1.82) is 5.41 Å². The minimum absolute atomic E-state index is 0.105. The Labute approximate surface area is 207 Å². The molecule has 1 aromatic carbocycles. The van der Waals surface area contributed by atoms with E-state index in [9.17, 15) is 8.42 Å². The molecule has 1 saturated heterocycles. The Hall–Kier alpha value is -2.92. The Morgan fingerprint density at radius 2 is 1.76 bits per heavy atom. The number of halogens is 2. The molecule has 34 heavy (non-hydrogen) atoms. The number of anilines is 2. The van der Waals surface area contributed by atoms with Gasteiger partial charge < -0.3 is 15.4 Å². The molecule has 9 nitrogen and oxygen atoms in total. The highest BCUT2D eigenvalue weighted by molar-refractivity contribution is 7.91. The lowest BCUT2D eigenvalue weighted by atomic mass is 10.0. The maximum absolute atomic E-state index is 11.6. The van der Waals surface area contributed by atoms with E-state index in [0.717, 1.165) is 0 Å². The first-order valence-electron chi connectivity index (χ1n) is 10.3. The van der Waals surface area contributed by atoms with E-state index in [1.807, 2.05) is 4.90 Å². The van der Waals surface area contributed by atoms with Crippen LogP contribution >= 0.6 is 23.2 Å². The number of nitrogens with two attached hydrogens (primary N) is 2. The van der Waals surface area contributed by atoms with Crippen molar-refractivity contribution in [2.75, 3.05) is 35.2 Å². The molecule has 1 atom stereocenters. The van der Waals surface area contributed by atoms with Crippen LogP contribution in [0.15, 0.2) is 48.9 Å². The van der Waals surface area contributed by atoms with Crippen LogP contribution in [0.2, 0.25) is 10.0 Å². The van der Waals surface area contributed by atoms with Crippen LogP contribution in [-0.2, 0) is 9.84 Å². The zero-order chi connectivity index (χ0) is 24.5.